The lowest BCUT2D eigenvalue weighted by Crippen LogP contribution is -2.45. The molecule has 3 aliphatic rings. The first-order chi connectivity index (χ1) is 17.5. The van der Waals surface area contributed by atoms with E-state index < -0.39 is 9.84 Å². The van der Waals surface area contributed by atoms with Crippen molar-refractivity contribution in [3.05, 3.63) is 35.0 Å². The Morgan fingerprint density at radius 1 is 1.11 bits per heavy atom. The number of anilines is 2. The molecule has 11 heteroatoms. The number of sulfone groups is 1. The van der Waals surface area contributed by atoms with Crippen LogP contribution in [0.25, 0.3) is 0 Å². The SMILES string of the molecule is CN1CN(CC#Cc2cc(CC(=O)C3CC3)cc(NC(=O)C3CC3)c2)c2nc(S(C)(=O)=O)n(C)c2C1=O. The molecule has 0 radical (unpaired) electrons. The minimum atomic E-state index is -3.63. The van der Waals surface area contributed by atoms with Crippen molar-refractivity contribution in [2.45, 2.75) is 37.3 Å². The lowest BCUT2D eigenvalue weighted by atomic mass is 10.0. The van der Waals surface area contributed by atoms with Gasteiger partial charge in [0.15, 0.2) is 11.5 Å². The van der Waals surface area contributed by atoms with Gasteiger partial charge in [0.25, 0.3) is 5.91 Å². The Labute approximate surface area is 215 Å². The number of nitrogens with one attached hydrogen (secondary N) is 1. The quantitative estimate of drug-likeness (QED) is 0.547. The van der Waals surface area contributed by atoms with E-state index in [2.05, 4.69) is 22.1 Å². The third-order valence-electron chi connectivity index (χ3n) is 6.72. The third-order valence-corrected chi connectivity index (χ3v) is 7.75. The molecule has 10 nitrogen and oxygen atoms in total. The van der Waals surface area contributed by atoms with E-state index in [4.69, 9.17) is 0 Å². The highest BCUT2D eigenvalue weighted by molar-refractivity contribution is 7.90. The Balaban J connectivity index is 1.41. The maximum absolute atomic E-state index is 12.7. The summed E-state index contributed by atoms with van der Waals surface area (Å²) in [5.74, 6) is 6.54. The maximum Gasteiger partial charge on any atom is 0.275 e. The fraction of sp³-hybridized carbons (Fsp3) is 0.462. The van der Waals surface area contributed by atoms with Crippen LogP contribution in [0.1, 0.15) is 47.3 Å². The van der Waals surface area contributed by atoms with Crippen molar-refractivity contribution < 1.29 is 22.8 Å². The number of imidazole rings is 1. The fourth-order valence-corrected chi connectivity index (χ4v) is 5.31. The largest absolute Gasteiger partial charge is 0.326 e. The van der Waals surface area contributed by atoms with E-state index in [9.17, 15) is 22.8 Å². The van der Waals surface area contributed by atoms with Gasteiger partial charge in [0, 0.05) is 49.9 Å². The summed E-state index contributed by atoms with van der Waals surface area (Å²) in [5, 5.41) is 2.77. The summed E-state index contributed by atoms with van der Waals surface area (Å²) in [4.78, 5) is 44.9. The molecule has 0 bridgehead atoms. The number of fused-ring (bicyclic) bond motifs is 1. The Morgan fingerprint density at radius 2 is 1.81 bits per heavy atom. The standard InChI is InChI=1S/C26H29N5O5S/c1-29-15-31(23-22(25(29)34)30(2)26(28-23)37(3,35)36)10-4-5-16-11-17(14-21(32)18-6-7-18)13-20(12-16)27-24(33)19-8-9-19/h11-13,18-19H,6-10,14-15H2,1-3H3,(H,27,33). The van der Waals surface area contributed by atoms with Crippen molar-refractivity contribution in [3.63, 3.8) is 0 Å². The molecule has 37 heavy (non-hydrogen) atoms. The number of hydrogen-bond donors (Lipinski definition) is 1. The summed E-state index contributed by atoms with van der Waals surface area (Å²) in [6, 6.07) is 5.49. The average molecular weight is 524 g/mol. The highest BCUT2D eigenvalue weighted by atomic mass is 32.2. The van der Waals surface area contributed by atoms with Crippen LogP contribution in [0.15, 0.2) is 23.4 Å². The molecule has 2 fully saturated rings. The van der Waals surface area contributed by atoms with Crippen molar-refractivity contribution in [3.8, 4) is 11.8 Å². The number of aromatic nitrogens is 2. The van der Waals surface area contributed by atoms with E-state index in [-0.39, 0.29) is 59.3 Å². The van der Waals surface area contributed by atoms with Gasteiger partial charge in [-0.2, -0.15) is 4.98 Å². The summed E-state index contributed by atoms with van der Waals surface area (Å²) in [6.45, 7) is 0.402. The Hall–Kier alpha value is -3.65. The number of carbonyl (C=O) groups excluding carboxylic acids is 3. The minimum Gasteiger partial charge on any atom is -0.326 e. The van der Waals surface area contributed by atoms with Gasteiger partial charge in [-0.25, -0.2) is 8.42 Å². The van der Waals surface area contributed by atoms with Crippen LogP contribution in [0, 0.1) is 23.7 Å². The highest BCUT2D eigenvalue weighted by Crippen LogP contribution is 2.33. The second-order valence-corrected chi connectivity index (χ2v) is 12.1. The first-order valence-corrected chi connectivity index (χ1v) is 14.1. The van der Waals surface area contributed by atoms with Crippen molar-refractivity contribution >= 4 is 38.9 Å². The molecule has 1 N–H and O–H groups in total. The van der Waals surface area contributed by atoms with E-state index in [0.29, 0.717) is 17.7 Å². The number of nitrogens with zero attached hydrogens (tertiary/aromatic N) is 4. The van der Waals surface area contributed by atoms with Gasteiger partial charge in [0.2, 0.25) is 20.9 Å². The molecule has 2 saturated carbocycles. The number of benzene rings is 1. The predicted octanol–water partition coefficient (Wildman–Crippen LogP) is 1.59. The number of Topliss-reactive ketones (excluding diaryl/α,β-unsaturated/α-hetero) is 1. The maximum atomic E-state index is 12.7. The van der Waals surface area contributed by atoms with Crippen molar-refractivity contribution in [1.29, 1.82) is 0 Å². The van der Waals surface area contributed by atoms with Gasteiger partial charge in [0.05, 0.1) is 13.2 Å². The smallest absolute Gasteiger partial charge is 0.275 e. The average Bonchev–Trinajstić information content (AvgIpc) is 3.72. The van der Waals surface area contributed by atoms with Gasteiger partial charge in [0.1, 0.15) is 5.78 Å². The molecule has 2 aliphatic carbocycles. The predicted molar refractivity (Wildman–Crippen MR) is 137 cm³/mol. The molecule has 0 atom stereocenters. The van der Waals surface area contributed by atoms with Crippen molar-refractivity contribution in [1.82, 2.24) is 14.5 Å². The zero-order valence-electron chi connectivity index (χ0n) is 21.1. The number of carbonyl (C=O) groups is 3. The van der Waals surface area contributed by atoms with E-state index in [1.807, 2.05) is 12.1 Å². The Morgan fingerprint density at radius 3 is 2.46 bits per heavy atom. The van der Waals surface area contributed by atoms with E-state index >= 15 is 0 Å². The summed E-state index contributed by atoms with van der Waals surface area (Å²) in [7, 11) is -0.490. The fourth-order valence-electron chi connectivity index (χ4n) is 4.46. The first-order valence-electron chi connectivity index (χ1n) is 12.2. The number of amides is 2. The van der Waals surface area contributed by atoms with Gasteiger partial charge in [-0.3, -0.25) is 14.4 Å². The second kappa shape index (κ2) is 9.34. The minimum absolute atomic E-state index is 0.0186. The zero-order chi connectivity index (χ0) is 26.5. The van der Waals surface area contributed by atoms with Gasteiger partial charge < -0.3 is 19.7 Å². The van der Waals surface area contributed by atoms with Crippen molar-refractivity contribution in [2.75, 3.05) is 36.7 Å². The van der Waals surface area contributed by atoms with Gasteiger partial charge in [-0.1, -0.05) is 11.8 Å². The molecule has 2 heterocycles. The van der Waals surface area contributed by atoms with E-state index in [1.165, 1.54) is 16.5 Å². The molecule has 5 rings (SSSR count). The second-order valence-electron chi connectivity index (χ2n) is 10.1. The topological polar surface area (TPSA) is 122 Å². The molecule has 1 aromatic heterocycles. The molecule has 0 spiro atoms. The van der Waals surface area contributed by atoms with Crippen LogP contribution in [0.2, 0.25) is 0 Å². The third kappa shape index (κ3) is 5.39. The monoisotopic (exact) mass is 523 g/mol. The molecule has 1 aromatic carbocycles. The molecule has 194 valence electrons. The van der Waals surface area contributed by atoms with Gasteiger partial charge >= 0.3 is 0 Å². The molecule has 2 amide bonds. The number of hydrogen-bond acceptors (Lipinski definition) is 7. The summed E-state index contributed by atoms with van der Waals surface area (Å²) in [6.07, 6.45) is 5.01. The number of rotatable bonds is 7. The van der Waals surface area contributed by atoms with Crippen LogP contribution in [-0.4, -0.2) is 67.0 Å². The highest BCUT2D eigenvalue weighted by Gasteiger charge is 2.35. The number of ketones is 1. The van der Waals surface area contributed by atoms with E-state index in [1.54, 1.807) is 18.0 Å². The lowest BCUT2D eigenvalue weighted by Gasteiger charge is -2.32. The van der Waals surface area contributed by atoms with Gasteiger partial charge in [-0.05, 0) is 49.4 Å². The normalized spacial score (nSPS) is 17.2. The molecule has 2 aromatic rings. The first kappa shape index (κ1) is 25.0. The lowest BCUT2D eigenvalue weighted by molar-refractivity contribution is -0.119. The van der Waals surface area contributed by atoms with Crippen LogP contribution in [-0.2, 0) is 32.9 Å². The Kier molecular flexibility index (Phi) is 6.31. The Bertz CT molecular complexity index is 1430. The van der Waals surface area contributed by atoms with Crippen LogP contribution in [0.3, 0.4) is 0 Å². The molecule has 0 unspecified atom stereocenters. The molecule has 0 saturated heterocycles. The molecular weight excluding hydrogens is 494 g/mol. The molecular formula is C26H29N5O5S. The van der Waals surface area contributed by atoms with Gasteiger partial charge in [-0.15, -0.1) is 0 Å². The van der Waals surface area contributed by atoms with Crippen LogP contribution in [0.5, 0.6) is 0 Å². The summed E-state index contributed by atoms with van der Waals surface area (Å²) < 4.78 is 25.6. The molecule has 1 aliphatic heterocycles. The zero-order valence-corrected chi connectivity index (χ0v) is 21.9. The van der Waals surface area contributed by atoms with Crippen molar-refractivity contribution in [2.24, 2.45) is 18.9 Å². The van der Waals surface area contributed by atoms with Crippen LogP contribution in [0.4, 0.5) is 11.5 Å². The van der Waals surface area contributed by atoms with Crippen LogP contribution >= 0.6 is 0 Å². The summed E-state index contributed by atoms with van der Waals surface area (Å²) >= 11 is 0. The van der Waals surface area contributed by atoms with Crippen LogP contribution < -0.4 is 10.2 Å². The van der Waals surface area contributed by atoms with E-state index in [0.717, 1.165) is 37.5 Å². The summed E-state index contributed by atoms with van der Waals surface area (Å²) in [5.41, 5.74) is 2.28.